The van der Waals surface area contributed by atoms with Crippen molar-refractivity contribution in [3.8, 4) is 6.07 Å². The second-order valence-electron chi connectivity index (χ2n) is 3.79. The van der Waals surface area contributed by atoms with E-state index in [9.17, 15) is 9.90 Å². The zero-order valence-corrected chi connectivity index (χ0v) is 9.91. The molecular formula is C15H9N2O2-. The van der Waals surface area contributed by atoms with Crippen molar-refractivity contribution < 1.29 is 9.90 Å². The quantitative estimate of drug-likeness (QED) is 0.772. The van der Waals surface area contributed by atoms with Crippen molar-refractivity contribution in [2.45, 2.75) is 0 Å². The van der Waals surface area contributed by atoms with Gasteiger partial charge in [-0.25, -0.2) is 0 Å². The summed E-state index contributed by atoms with van der Waals surface area (Å²) in [6, 6.07) is 13.5. The third-order valence-corrected chi connectivity index (χ3v) is 2.52. The molecule has 0 saturated heterocycles. The van der Waals surface area contributed by atoms with Crippen molar-refractivity contribution in [3.63, 3.8) is 0 Å². The monoisotopic (exact) mass is 249 g/mol. The van der Waals surface area contributed by atoms with E-state index in [2.05, 4.69) is 11.1 Å². The fourth-order valence-electron chi connectivity index (χ4n) is 1.57. The molecule has 0 spiro atoms. The first kappa shape index (κ1) is 12.5. The molecule has 0 bridgehead atoms. The van der Waals surface area contributed by atoms with Crippen molar-refractivity contribution in [1.29, 1.82) is 5.26 Å². The van der Waals surface area contributed by atoms with E-state index in [1.807, 2.05) is 0 Å². The lowest BCUT2D eigenvalue weighted by Gasteiger charge is -2.02. The van der Waals surface area contributed by atoms with E-state index < -0.39 is 5.97 Å². The average molecular weight is 249 g/mol. The van der Waals surface area contributed by atoms with Crippen LogP contribution in [0.3, 0.4) is 0 Å². The van der Waals surface area contributed by atoms with Crippen LogP contribution in [0.5, 0.6) is 0 Å². The van der Waals surface area contributed by atoms with Crippen LogP contribution in [-0.2, 0) is 0 Å². The van der Waals surface area contributed by atoms with Gasteiger partial charge in [-0.3, -0.25) is 4.98 Å². The SMILES string of the molecule is N#C/C(=C\c1ccc(C(=O)[O-])cc1)c1ccccn1. The summed E-state index contributed by atoms with van der Waals surface area (Å²) in [4.78, 5) is 14.7. The number of carbonyl (C=O) groups is 1. The second kappa shape index (κ2) is 5.61. The maximum Gasteiger partial charge on any atom is 0.101 e. The van der Waals surface area contributed by atoms with Crippen molar-refractivity contribution >= 4 is 17.6 Å². The number of hydrogen-bond acceptors (Lipinski definition) is 4. The fourth-order valence-corrected chi connectivity index (χ4v) is 1.57. The molecule has 19 heavy (non-hydrogen) atoms. The van der Waals surface area contributed by atoms with Gasteiger partial charge in [-0.1, -0.05) is 30.3 Å². The van der Waals surface area contributed by atoms with Crippen LogP contribution in [0.4, 0.5) is 0 Å². The largest absolute Gasteiger partial charge is 0.545 e. The van der Waals surface area contributed by atoms with Crippen molar-refractivity contribution in [3.05, 3.63) is 65.5 Å². The molecule has 0 fully saturated rings. The third-order valence-electron chi connectivity index (χ3n) is 2.52. The van der Waals surface area contributed by atoms with Crippen molar-refractivity contribution in [1.82, 2.24) is 4.98 Å². The molecule has 0 aliphatic carbocycles. The molecule has 0 amide bonds. The lowest BCUT2D eigenvalue weighted by atomic mass is 10.1. The van der Waals surface area contributed by atoms with E-state index in [1.165, 1.54) is 12.1 Å². The van der Waals surface area contributed by atoms with Crippen LogP contribution in [0.2, 0.25) is 0 Å². The van der Waals surface area contributed by atoms with Gasteiger partial charge in [0.15, 0.2) is 0 Å². The predicted octanol–water partition coefficient (Wildman–Crippen LogP) is 1.51. The number of allylic oxidation sites excluding steroid dienone is 1. The van der Waals surface area contributed by atoms with E-state index in [0.29, 0.717) is 11.3 Å². The fraction of sp³-hybridized carbons (Fsp3) is 0. The summed E-state index contributed by atoms with van der Waals surface area (Å²) in [5, 5.41) is 19.7. The normalized spacial score (nSPS) is 10.8. The topological polar surface area (TPSA) is 76.8 Å². The van der Waals surface area contributed by atoms with Gasteiger partial charge in [0, 0.05) is 6.20 Å². The van der Waals surface area contributed by atoms with Gasteiger partial charge in [0.25, 0.3) is 0 Å². The zero-order chi connectivity index (χ0) is 13.7. The number of nitrogens with zero attached hydrogens (tertiary/aromatic N) is 2. The number of aromatic carboxylic acids is 1. The molecule has 0 aliphatic heterocycles. The first-order chi connectivity index (χ1) is 9.20. The smallest absolute Gasteiger partial charge is 0.101 e. The molecule has 4 heteroatoms. The van der Waals surface area contributed by atoms with Crippen molar-refractivity contribution in [2.24, 2.45) is 0 Å². The molecule has 0 atom stereocenters. The lowest BCUT2D eigenvalue weighted by molar-refractivity contribution is -0.255. The van der Waals surface area contributed by atoms with Gasteiger partial charge in [-0.2, -0.15) is 5.26 Å². The van der Waals surface area contributed by atoms with E-state index in [1.54, 1.807) is 42.6 Å². The van der Waals surface area contributed by atoms with Crippen LogP contribution in [0.15, 0.2) is 48.7 Å². The minimum atomic E-state index is -1.22. The summed E-state index contributed by atoms with van der Waals surface area (Å²) in [7, 11) is 0. The minimum Gasteiger partial charge on any atom is -0.545 e. The molecule has 1 aromatic heterocycles. The Hall–Kier alpha value is -2.93. The number of hydrogen-bond donors (Lipinski definition) is 0. The number of aromatic nitrogens is 1. The first-order valence-corrected chi connectivity index (χ1v) is 5.55. The highest BCUT2D eigenvalue weighted by atomic mass is 16.4. The third kappa shape index (κ3) is 3.05. The van der Waals surface area contributed by atoms with Gasteiger partial charge >= 0.3 is 0 Å². The van der Waals surface area contributed by atoms with Gasteiger partial charge in [0.05, 0.1) is 17.2 Å². The van der Waals surface area contributed by atoms with E-state index in [-0.39, 0.29) is 5.56 Å². The molecule has 0 saturated carbocycles. The summed E-state index contributed by atoms with van der Waals surface area (Å²) < 4.78 is 0. The summed E-state index contributed by atoms with van der Waals surface area (Å²) in [5.74, 6) is -1.22. The number of nitriles is 1. The molecule has 1 heterocycles. The molecule has 4 nitrogen and oxygen atoms in total. The number of rotatable bonds is 3. The van der Waals surface area contributed by atoms with E-state index in [4.69, 9.17) is 5.26 Å². The highest BCUT2D eigenvalue weighted by molar-refractivity contribution is 5.89. The molecule has 92 valence electrons. The van der Waals surface area contributed by atoms with Gasteiger partial charge in [-0.15, -0.1) is 0 Å². The molecule has 1 aromatic carbocycles. The maximum atomic E-state index is 10.6. The maximum absolute atomic E-state index is 10.6. The number of benzene rings is 1. The molecule has 2 aromatic rings. The molecule has 2 rings (SSSR count). The van der Waals surface area contributed by atoms with Crippen LogP contribution in [-0.4, -0.2) is 11.0 Å². The lowest BCUT2D eigenvalue weighted by Crippen LogP contribution is -2.21. The molecule has 0 N–H and O–H groups in total. The minimum absolute atomic E-state index is 0.105. The van der Waals surface area contributed by atoms with Crippen molar-refractivity contribution in [2.75, 3.05) is 0 Å². The first-order valence-electron chi connectivity index (χ1n) is 5.55. The van der Waals surface area contributed by atoms with Gasteiger partial charge in [0.2, 0.25) is 0 Å². The molecule has 0 radical (unpaired) electrons. The van der Waals surface area contributed by atoms with Gasteiger partial charge in [-0.05, 0) is 29.3 Å². The standard InChI is InChI=1S/C15H10N2O2/c16-10-13(14-3-1-2-8-17-14)9-11-4-6-12(7-5-11)15(18)19/h1-9H,(H,18,19)/p-1/b13-9+. The Morgan fingerprint density at radius 2 is 1.95 bits per heavy atom. The van der Waals surface area contributed by atoms with Gasteiger partial charge in [0.1, 0.15) is 6.07 Å². The van der Waals surface area contributed by atoms with Crippen LogP contribution in [0.25, 0.3) is 11.6 Å². The number of carboxylic acid groups (broad SMARTS) is 1. The molecular weight excluding hydrogens is 240 g/mol. The number of carboxylic acids is 1. The van der Waals surface area contributed by atoms with E-state index in [0.717, 1.165) is 5.56 Å². The van der Waals surface area contributed by atoms with Gasteiger partial charge < -0.3 is 9.90 Å². The summed E-state index contributed by atoms with van der Waals surface area (Å²) >= 11 is 0. The van der Waals surface area contributed by atoms with Crippen LogP contribution >= 0.6 is 0 Å². The Labute approximate surface area is 110 Å². The zero-order valence-electron chi connectivity index (χ0n) is 9.91. The highest BCUT2D eigenvalue weighted by Gasteiger charge is 2.01. The summed E-state index contributed by atoms with van der Waals surface area (Å²) in [6.45, 7) is 0. The Balaban J connectivity index is 2.34. The van der Waals surface area contributed by atoms with Crippen LogP contribution < -0.4 is 5.11 Å². The Kier molecular flexibility index (Phi) is 3.70. The van der Waals surface area contributed by atoms with E-state index >= 15 is 0 Å². The number of carbonyl (C=O) groups excluding carboxylic acids is 1. The summed E-state index contributed by atoms with van der Waals surface area (Å²) in [5.41, 5.74) is 1.83. The Bertz CT molecular complexity index is 653. The molecule has 0 aliphatic rings. The average Bonchev–Trinajstić information content (AvgIpc) is 2.46. The number of pyridine rings is 1. The summed E-state index contributed by atoms with van der Waals surface area (Å²) in [6.07, 6.45) is 3.26. The highest BCUT2D eigenvalue weighted by Crippen LogP contribution is 2.15. The van der Waals surface area contributed by atoms with Crippen LogP contribution in [0.1, 0.15) is 21.6 Å². The predicted molar refractivity (Wildman–Crippen MR) is 68.5 cm³/mol. The Morgan fingerprint density at radius 3 is 2.47 bits per heavy atom. The second-order valence-corrected chi connectivity index (χ2v) is 3.79. The van der Waals surface area contributed by atoms with Crippen LogP contribution in [0, 0.1) is 11.3 Å². The molecule has 0 unspecified atom stereocenters. The Morgan fingerprint density at radius 1 is 1.21 bits per heavy atom.